The summed E-state index contributed by atoms with van der Waals surface area (Å²) in [5.74, 6) is -0.897. The molecule has 3 rings (SSSR count). The van der Waals surface area contributed by atoms with E-state index in [0.717, 1.165) is 51.4 Å². The maximum absolute atomic E-state index is 13.1. The van der Waals surface area contributed by atoms with Crippen LogP contribution in [-0.4, -0.2) is 36.0 Å². The number of carbonyl (C=O) groups is 3. The number of rotatable bonds is 9. The van der Waals surface area contributed by atoms with Gasteiger partial charge >= 0.3 is 5.97 Å². The largest absolute Gasteiger partial charge is 0.461 e. The van der Waals surface area contributed by atoms with Crippen LogP contribution in [0.5, 0.6) is 0 Å². The Labute approximate surface area is 199 Å². The highest BCUT2D eigenvalue weighted by Gasteiger charge is 2.34. The molecule has 0 aromatic heterocycles. The summed E-state index contributed by atoms with van der Waals surface area (Å²) in [6.45, 7) is 3.63. The van der Waals surface area contributed by atoms with Crippen LogP contribution in [-0.2, 0) is 19.2 Å². The molecule has 7 nitrogen and oxygen atoms in total. The smallest absolute Gasteiger partial charge is 0.329 e. The lowest BCUT2D eigenvalue weighted by Crippen LogP contribution is -2.48. The van der Waals surface area contributed by atoms with Crippen molar-refractivity contribution in [3.63, 3.8) is 0 Å². The van der Waals surface area contributed by atoms with Crippen LogP contribution in [0.3, 0.4) is 0 Å². The second-order valence-corrected chi connectivity index (χ2v) is 9.28. The van der Waals surface area contributed by atoms with Gasteiger partial charge in [-0.25, -0.2) is 10.3 Å². The molecule has 0 unspecified atom stereocenters. The zero-order valence-corrected chi connectivity index (χ0v) is 19.7. The molecule has 2 saturated carbocycles. The number of hydrogen-bond donors (Lipinski definition) is 2. The Bertz CT molecular complexity index is 850. The van der Waals surface area contributed by atoms with Gasteiger partial charge < -0.3 is 10.1 Å². The van der Waals surface area contributed by atoms with Crippen molar-refractivity contribution < 1.29 is 26.8 Å². The first kappa shape index (κ1) is 25.0. The molecule has 7 heteroatoms. The third-order valence-electron chi connectivity index (χ3n) is 6.22. The predicted molar refractivity (Wildman–Crippen MR) is 130 cm³/mol. The van der Waals surface area contributed by atoms with E-state index in [9.17, 15) is 14.4 Å². The molecule has 0 aliphatic heterocycles. The summed E-state index contributed by atoms with van der Waals surface area (Å²) in [7, 11) is 0. The molecule has 0 spiro atoms. The number of hydroxylamine groups is 1. The number of ether oxygens (including phenoxy) is 1. The van der Waals surface area contributed by atoms with Gasteiger partial charge in [0.2, 0.25) is 0 Å². The summed E-state index contributed by atoms with van der Waals surface area (Å²) in [5.41, 5.74) is 3.47. The van der Waals surface area contributed by atoms with Crippen molar-refractivity contribution in [1.82, 2.24) is 10.8 Å². The second-order valence-electron chi connectivity index (χ2n) is 9.28. The van der Waals surface area contributed by atoms with Crippen molar-refractivity contribution in [2.24, 2.45) is 5.92 Å². The van der Waals surface area contributed by atoms with E-state index in [2.05, 4.69) is 10.8 Å². The first-order chi connectivity index (χ1) is 15.9. The van der Waals surface area contributed by atoms with Gasteiger partial charge in [0.25, 0.3) is 11.8 Å². The summed E-state index contributed by atoms with van der Waals surface area (Å²) in [6, 6.07) is 6.33. The number of esters is 1. The topological polar surface area (TPSA) is 93.7 Å². The Balaban J connectivity index is 0.00000306. The van der Waals surface area contributed by atoms with Crippen LogP contribution in [0, 0.1) is 5.92 Å². The third-order valence-corrected chi connectivity index (χ3v) is 6.22. The molecular weight excluding hydrogens is 420 g/mol. The summed E-state index contributed by atoms with van der Waals surface area (Å²) in [6.07, 6.45) is 11.9. The second kappa shape index (κ2) is 12.5. The zero-order valence-electron chi connectivity index (χ0n) is 19.7. The molecule has 33 heavy (non-hydrogen) atoms. The van der Waals surface area contributed by atoms with E-state index in [0.29, 0.717) is 11.1 Å². The summed E-state index contributed by atoms with van der Waals surface area (Å²) in [5, 5.41) is 2.96. The van der Waals surface area contributed by atoms with Gasteiger partial charge in [-0.3, -0.25) is 14.4 Å². The standard InChI is InChI=1S/C26H36N2O5.2H2/c1-18(2)33-28-23(29)16-15-19-9-8-12-21(17-19)25(30)27-24(20-10-4-3-5-11-20)26(31)32-22-13-6-7-14-22;;/h8-9,12,15-18,20,22,24H,3-7,10-11,13-14H2,1-2H3,(H,27,30)(H,28,29);2*1H/b16-15+;;/t24-;;/m0../s1. The van der Waals surface area contributed by atoms with Gasteiger partial charge in [0, 0.05) is 14.5 Å². The maximum Gasteiger partial charge on any atom is 0.329 e. The molecule has 0 radical (unpaired) electrons. The molecule has 2 aliphatic rings. The Morgan fingerprint density at radius 1 is 1.03 bits per heavy atom. The Morgan fingerprint density at radius 3 is 2.42 bits per heavy atom. The Hall–Kier alpha value is -2.67. The highest BCUT2D eigenvalue weighted by Crippen LogP contribution is 2.29. The fourth-order valence-electron chi connectivity index (χ4n) is 4.47. The fourth-order valence-corrected chi connectivity index (χ4v) is 4.47. The van der Waals surface area contributed by atoms with Crippen LogP contribution < -0.4 is 10.8 Å². The van der Waals surface area contributed by atoms with Crippen LogP contribution in [0.15, 0.2) is 30.3 Å². The summed E-state index contributed by atoms with van der Waals surface area (Å²) in [4.78, 5) is 43.0. The molecule has 0 saturated heterocycles. The van der Waals surface area contributed by atoms with Gasteiger partial charge in [-0.15, -0.1) is 0 Å². The molecule has 0 bridgehead atoms. The van der Waals surface area contributed by atoms with Crippen LogP contribution in [0.2, 0.25) is 0 Å². The van der Waals surface area contributed by atoms with Gasteiger partial charge in [0.15, 0.2) is 0 Å². The van der Waals surface area contributed by atoms with E-state index in [1.54, 1.807) is 30.3 Å². The van der Waals surface area contributed by atoms with Gasteiger partial charge in [-0.2, -0.15) is 0 Å². The molecule has 0 heterocycles. The quantitative estimate of drug-likeness (QED) is 0.313. The SMILES string of the molecule is CC(C)ONC(=O)/C=C/c1cccc(C(=O)N[C@H](C(=O)OC2CCCC2)C2CCCCC2)c1.[HH].[HH]. The minimum Gasteiger partial charge on any atom is -0.461 e. The summed E-state index contributed by atoms with van der Waals surface area (Å²) < 4.78 is 5.77. The van der Waals surface area contributed by atoms with E-state index in [4.69, 9.17) is 9.57 Å². The molecule has 2 aliphatic carbocycles. The number of carbonyl (C=O) groups excluding carboxylic acids is 3. The predicted octanol–water partition coefficient (Wildman–Crippen LogP) is 4.81. The number of nitrogens with one attached hydrogen (secondary N) is 2. The summed E-state index contributed by atoms with van der Waals surface area (Å²) >= 11 is 0. The van der Waals surface area contributed by atoms with Crippen molar-refractivity contribution in [2.45, 2.75) is 89.9 Å². The van der Waals surface area contributed by atoms with Crippen molar-refractivity contribution in [2.75, 3.05) is 0 Å². The van der Waals surface area contributed by atoms with Crippen molar-refractivity contribution in [3.05, 3.63) is 41.5 Å². The monoisotopic (exact) mass is 460 g/mol. The minimum absolute atomic E-state index is 0. The average molecular weight is 461 g/mol. The zero-order chi connectivity index (χ0) is 23.6. The maximum atomic E-state index is 13.1. The molecule has 1 aromatic carbocycles. The van der Waals surface area contributed by atoms with E-state index < -0.39 is 6.04 Å². The lowest BCUT2D eigenvalue weighted by atomic mass is 9.83. The molecule has 2 fully saturated rings. The minimum atomic E-state index is -0.628. The number of amides is 2. The molecule has 2 N–H and O–H groups in total. The van der Waals surface area contributed by atoms with Gasteiger partial charge in [0.1, 0.15) is 12.1 Å². The highest BCUT2D eigenvalue weighted by atomic mass is 16.7. The fraction of sp³-hybridized carbons (Fsp3) is 0.577. The first-order valence-electron chi connectivity index (χ1n) is 12.2. The molecule has 2 amide bonds. The molecule has 1 atom stereocenters. The third kappa shape index (κ3) is 8.00. The van der Waals surface area contributed by atoms with Gasteiger partial charge in [-0.1, -0.05) is 31.4 Å². The highest BCUT2D eigenvalue weighted by molar-refractivity contribution is 5.98. The molecule has 1 aromatic rings. The van der Waals surface area contributed by atoms with Crippen molar-refractivity contribution >= 4 is 23.9 Å². The van der Waals surface area contributed by atoms with E-state index in [-0.39, 0.29) is 38.8 Å². The van der Waals surface area contributed by atoms with E-state index >= 15 is 0 Å². The van der Waals surface area contributed by atoms with E-state index in [1.165, 1.54) is 12.5 Å². The normalized spacial score (nSPS) is 18.4. The molecular formula is C26H40N2O5. The van der Waals surface area contributed by atoms with Crippen molar-refractivity contribution in [3.8, 4) is 0 Å². The van der Waals surface area contributed by atoms with Crippen LogP contribution in [0.1, 0.15) is 90.4 Å². The Kier molecular flexibility index (Phi) is 9.48. The lowest BCUT2D eigenvalue weighted by Gasteiger charge is -2.30. The first-order valence-corrected chi connectivity index (χ1v) is 12.2. The number of hydrogen-bond acceptors (Lipinski definition) is 5. The van der Waals surface area contributed by atoms with Gasteiger partial charge in [0.05, 0.1) is 6.10 Å². The molecule has 184 valence electrons. The number of benzene rings is 1. The average Bonchev–Trinajstić information content (AvgIpc) is 3.33. The Morgan fingerprint density at radius 2 is 1.73 bits per heavy atom. The lowest BCUT2D eigenvalue weighted by molar-refractivity contribution is -0.153. The van der Waals surface area contributed by atoms with Crippen LogP contribution in [0.25, 0.3) is 6.08 Å². The van der Waals surface area contributed by atoms with Crippen molar-refractivity contribution in [1.29, 1.82) is 0 Å². The van der Waals surface area contributed by atoms with Gasteiger partial charge in [-0.05, 0) is 82.1 Å². The van der Waals surface area contributed by atoms with E-state index in [1.807, 2.05) is 13.8 Å². The van der Waals surface area contributed by atoms with Crippen LogP contribution in [0.4, 0.5) is 0 Å². The van der Waals surface area contributed by atoms with Crippen LogP contribution >= 0.6 is 0 Å².